The van der Waals surface area contributed by atoms with Crippen LogP contribution >= 0.6 is 22.7 Å². The van der Waals surface area contributed by atoms with E-state index in [0.29, 0.717) is 24.5 Å². The standard InChI is InChI=1S/C17H26N6O2S2/c1-11-14(27-10-21-11)15(24)19-6-7-20-17(18-3)23(4)8-13-9-26-16(22-13)12(2)25-5/h9-10,12H,6-8H2,1-5H3,(H,18,20)(H,19,24). The molecule has 27 heavy (non-hydrogen) atoms. The molecule has 8 nitrogen and oxygen atoms in total. The predicted molar refractivity (Wildman–Crippen MR) is 110 cm³/mol. The van der Waals surface area contributed by atoms with Crippen LogP contribution in [0.25, 0.3) is 0 Å². The number of nitrogens with zero attached hydrogens (tertiary/aromatic N) is 4. The summed E-state index contributed by atoms with van der Waals surface area (Å²) < 4.78 is 5.30. The summed E-state index contributed by atoms with van der Waals surface area (Å²) in [4.78, 5) is 27.7. The van der Waals surface area contributed by atoms with Gasteiger partial charge >= 0.3 is 0 Å². The molecule has 0 aromatic carbocycles. The lowest BCUT2D eigenvalue weighted by atomic mass is 10.4. The fourth-order valence-electron chi connectivity index (χ4n) is 2.34. The molecular formula is C17H26N6O2S2. The van der Waals surface area contributed by atoms with Crippen LogP contribution in [0.2, 0.25) is 0 Å². The molecule has 2 heterocycles. The Bertz CT molecular complexity index is 773. The zero-order valence-electron chi connectivity index (χ0n) is 16.3. The number of carbonyl (C=O) groups excluding carboxylic acids is 1. The largest absolute Gasteiger partial charge is 0.375 e. The number of aliphatic imine (C=N–C) groups is 1. The van der Waals surface area contributed by atoms with E-state index in [0.717, 1.165) is 22.4 Å². The highest BCUT2D eigenvalue weighted by Gasteiger charge is 2.13. The Morgan fingerprint density at radius 2 is 2.11 bits per heavy atom. The molecule has 2 N–H and O–H groups in total. The van der Waals surface area contributed by atoms with Crippen LogP contribution in [0.1, 0.15) is 39.1 Å². The number of amides is 1. The van der Waals surface area contributed by atoms with Crippen molar-refractivity contribution in [2.24, 2.45) is 4.99 Å². The zero-order valence-corrected chi connectivity index (χ0v) is 17.9. The van der Waals surface area contributed by atoms with Gasteiger partial charge in [0, 0.05) is 39.7 Å². The smallest absolute Gasteiger partial charge is 0.263 e. The number of aryl methyl sites for hydroxylation is 1. The van der Waals surface area contributed by atoms with Crippen molar-refractivity contribution in [2.75, 3.05) is 34.3 Å². The number of thiazole rings is 2. The van der Waals surface area contributed by atoms with Crippen LogP contribution in [0.3, 0.4) is 0 Å². The average molecular weight is 411 g/mol. The van der Waals surface area contributed by atoms with Gasteiger partial charge in [-0.2, -0.15) is 0 Å². The fraction of sp³-hybridized carbons (Fsp3) is 0.529. The number of rotatable bonds is 8. The van der Waals surface area contributed by atoms with Crippen LogP contribution in [-0.4, -0.2) is 61.0 Å². The number of hydrogen-bond acceptors (Lipinski definition) is 7. The maximum atomic E-state index is 12.1. The van der Waals surface area contributed by atoms with Crippen molar-refractivity contribution < 1.29 is 9.53 Å². The molecule has 10 heteroatoms. The van der Waals surface area contributed by atoms with Crippen LogP contribution in [0.4, 0.5) is 0 Å². The average Bonchev–Trinajstić information content (AvgIpc) is 3.29. The van der Waals surface area contributed by atoms with Crippen molar-refractivity contribution in [3.63, 3.8) is 0 Å². The molecule has 0 saturated carbocycles. The van der Waals surface area contributed by atoms with Gasteiger partial charge in [-0.25, -0.2) is 9.97 Å². The summed E-state index contributed by atoms with van der Waals surface area (Å²) in [5, 5.41) is 9.13. The van der Waals surface area contributed by atoms with E-state index in [1.54, 1.807) is 31.0 Å². The Hall–Kier alpha value is -2.04. The maximum absolute atomic E-state index is 12.1. The third-order valence-corrected chi connectivity index (χ3v) is 5.87. The Morgan fingerprint density at radius 3 is 2.74 bits per heavy atom. The molecule has 0 fully saturated rings. The number of ether oxygens (including phenoxy) is 1. The Balaban J connectivity index is 1.78. The lowest BCUT2D eigenvalue weighted by molar-refractivity contribution is 0.0957. The van der Waals surface area contributed by atoms with Gasteiger partial charge in [0.2, 0.25) is 0 Å². The number of guanidine groups is 1. The van der Waals surface area contributed by atoms with Crippen LogP contribution in [-0.2, 0) is 11.3 Å². The fourth-order valence-corrected chi connectivity index (χ4v) is 3.90. The van der Waals surface area contributed by atoms with E-state index in [4.69, 9.17) is 4.74 Å². The molecule has 0 aliphatic heterocycles. The molecule has 1 unspecified atom stereocenters. The SMILES string of the molecule is CN=C(NCCNC(=O)c1scnc1C)N(C)Cc1csc(C(C)OC)n1. The Kier molecular flexibility index (Phi) is 8.14. The van der Waals surface area contributed by atoms with Crippen LogP contribution in [0.5, 0.6) is 0 Å². The van der Waals surface area contributed by atoms with Gasteiger partial charge in [-0.15, -0.1) is 22.7 Å². The molecule has 2 aromatic heterocycles. The molecule has 0 bridgehead atoms. The quantitative estimate of drug-likeness (QED) is 0.393. The van der Waals surface area contributed by atoms with E-state index in [1.165, 1.54) is 11.3 Å². The second-order valence-corrected chi connectivity index (χ2v) is 7.65. The monoisotopic (exact) mass is 410 g/mol. The number of aromatic nitrogens is 2. The Labute approximate surface area is 167 Å². The van der Waals surface area contributed by atoms with E-state index >= 15 is 0 Å². The molecule has 0 spiro atoms. The van der Waals surface area contributed by atoms with Gasteiger partial charge in [-0.3, -0.25) is 9.79 Å². The molecule has 0 aliphatic rings. The first kappa shape index (κ1) is 21.3. The molecular weight excluding hydrogens is 384 g/mol. The highest BCUT2D eigenvalue weighted by molar-refractivity contribution is 7.11. The van der Waals surface area contributed by atoms with Gasteiger partial charge in [-0.1, -0.05) is 0 Å². The number of carbonyl (C=O) groups is 1. The van der Waals surface area contributed by atoms with Crippen LogP contribution in [0.15, 0.2) is 15.9 Å². The summed E-state index contributed by atoms with van der Waals surface area (Å²) in [5.41, 5.74) is 3.40. The molecule has 148 valence electrons. The van der Waals surface area contributed by atoms with Crippen molar-refractivity contribution in [2.45, 2.75) is 26.5 Å². The van der Waals surface area contributed by atoms with Crippen molar-refractivity contribution >= 4 is 34.5 Å². The first-order chi connectivity index (χ1) is 13.0. The Morgan fingerprint density at radius 1 is 1.37 bits per heavy atom. The number of methoxy groups -OCH3 is 1. The maximum Gasteiger partial charge on any atom is 0.263 e. The minimum Gasteiger partial charge on any atom is -0.375 e. The van der Waals surface area contributed by atoms with Crippen molar-refractivity contribution in [1.29, 1.82) is 0 Å². The summed E-state index contributed by atoms with van der Waals surface area (Å²) in [5.74, 6) is 0.648. The van der Waals surface area contributed by atoms with Gasteiger partial charge in [0.05, 0.1) is 23.4 Å². The second-order valence-electron chi connectivity index (χ2n) is 5.91. The van der Waals surface area contributed by atoms with E-state index in [1.807, 2.05) is 31.2 Å². The van der Waals surface area contributed by atoms with Gasteiger partial charge in [0.1, 0.15) is 16.0 Å². The highest BCUT2D eigenvalue weighted by Crippen LogP contribution is 2.20. The summed E-state index contributed by atoms with van der Waals surface area (Å²) in [7, 11) is 5.36. The molecule has 2 aromatic rings. The third-order valence-electron chi connectivity index (χ3n) is 3.89. The van der Waals surface area contributed by atoms with E-state index in [-0.39, 0.29) is 12.0 Å². The predicted octanol–water partition coefficient (Wildman–Crippen LogP) is 2.05. The minimum absolute atomic E-state index is 0.00251. The normalized spacial score (nSPS) is 12.7. The van der Waals surface area contributed by atoms with Crippen molar-refractivity contribution in [1.82, 2.24) is 25.5 Å². The molecule has 1 atom stereocenters. The summed E-state index contributed by atoms with van der Waals surface area (Å²) in [6, 6.07) is 0. The number of nitrogens with one attached hydrogen (secondary N) is 2. The zero-order chi connectivity index (χ0) is 19.8. The van der Waals surface area contributed by atoms with E-state index in [9.17, 15) is 4.79 Å². The topological polar surface area (TPSA) is 91.7 Å². The highest BCUT2D eigenvalue weighted by atomic mass is 32.1. The van der Waals surface area contributed by atoms with E-state index < -0.39 is 0 Å². The summed E-state index contributed by atoms with van der Waals surface area (Å²) in [6.45, 7) is 5.52. The van der Waals surface area contributed by atoms with Gasteiger partial charge in [0.25, 0.3) is 5.91 Å². The molecule has 0 saturated heterocycles. The first-order valence-electron chi connectivity index (χ1n) is 8.53. The first-order valence-corrected chi connectivity index (χ1v) is 10.3. The molecule has 2 rings (SSSR count). The lowest BCUT2D eigenvalue weighted by Gasteiger charge is -2.21. The second kappa shape index (κ2) is 10.3. The van der Waals surface area contributed by atoms with Crippen LogP contribution in [0, 0.1) is 6.92 Å². The summed E-state index contributed by atoms with van der Waals surface area (Å²) in [6.07, 6.45) is -0.00251. The van der Waals surface area contributed by atoms with Crippen molar-refractivity contribution in [3.05, 3.63) is 32.2 Å². The number of hydrogen-bond donors (Lipinski definition) is 2. The lowest BCUT2D eigenvalue weighted by Crippen LogP contribution is -2.42. The van der Waals surface area contributed by atoms with E-state index in [2.05, 4.69) is 25.6 Å². The summed E-state index contributed by atoms with van der Waals surface area (Å²) >= 11 is 2.94. The van der Waals surface area contributed by atoms with Crippen molar-refractivity contribution in [3.8, 4) is 0 Å². The van der Waals surface area contributed by atoms with Gasteiger partial charge in [0.15, 0.2) is 5.96 Å². The van der Waals surface area contributed by atoms with Crippen LogP contribution < -0.4 is 10.6 Å². The van der Waals surface area contributed by atoms with Gasteiger partial charge < -0.3 is 20.3 Å². The molecule has 0 radical (unpaired) electrons. The molecule has 1 amide bonds. The minimum atomic E-state index is -0.0950. The third kappa shape index (κ3) is 5.98. The molecule has 0 aliphatic carbocycles. The van der Waals surface area contributed by atoms with Gasteiger partial charge in [-0.05, 0) is 13.8 Å².